The molecular formula is C11H20N4OS. The Morgan fingerprint density at radius 2 is 2.35 bits per heavy atom. The molecule has 1 unspecified atom stereocenters. The molecule has 1 rings (SSSR count). The summed E-state index contributed by atoms with van der Waals surface area (Å²) in [7, 11) is 0. The number of aryl methyl sites for hydroxylation is 1. The first-order valence-electron chi connectivity index (χ1n) is 5.80. The van der Waals surface area contributed by atoms with Crippen LogP contribution in [0, 0.1) is 0 Å². The van der Waals surface area contributed by atoms with Gasteiger partial charge in [-0.05, 0) is 19.6 Å². The first kappa shape index (κ1) is 13.9. The number of nitrogens with two attached hydrogens (primary N) is 1. The highest BCUT2D eigenvalue weighted by atomic mass is 32.2. The number of hydrogen-bond acceptors (Lipinski definition) is 4. The summed E-state index contributed by atoms with van der Waals surface area (Å²) in [5.41, 5.74) is 6.63. The largest absolute Gasteiger partial charge is 0.396 e. The number of thioether (sulfide) groups is 1. The Morgan fingerprint density at radius 3 is 2.94 bits per heavy atom. The number of nitrogens with one attached hydrogen (secondary N) is 1. The highest BCUT2D eigenvalue weighted by Crippen LogP contribution is 2.11. The molecule has 1 aromatic rings. The minimum absolute atomic E-state index is 0.132. The first-order chi connectivity index (χ1) is 8.10. The second kappa shape index (κ2) is 6.54. The molecule has 1 atom stereocenters. The van der Waals surface area contributed by atoms with Crippen molar-refractivity contribution in [2.45, 2.75) is 33.4 Å². The molecule has 1 amide bonds. The SMILES string of the molecule is CCSCC(C)NC(=O)c1c(N)cnn1CC. The Balaban J connectivity index is 2.66. The summed E-state index contributed by atoms with van der Waals surface area (Å²) in [4.78, 5) is 12.0. The van der Waals surface area contributed by atoms with E-state index in [-0.39, 0.29) is 11.9 Å². The van der Waals surface area contributed by atoms with Crippen molar-refractivity contribution in [3.05, 3.63) is 11.9 Å². The van der Waals surface area contributed by atoms with Crippen LogP contribution < -0.4 is 11.1 Å². The van der Waals surface area contributed by atoms with Crippen molar-refractivity contribution in [2.75, 3.05) is 17.2 Å². The number of nitrogens with zero attached hydrogens (tertiary/aromatic N) is 2. The van der Waals surface area contributed by atoms with Crippen molar-refractivity contribution in [3.8, 4) is 0 Å². The zero-order chi connectivity index (χ0) is 12.8. The summed E-state index contributed by atoms with van der Waals surface area (Å²) < 4.78 is 1.62. The molecule has 3 N–H and O–H groups in total. The number of amides is 1. The van der Waals surface area contributed by atoms with Crippen molar-refractivity contribution in [2.24, 2.45) is 0 Å². The molecule has 96 valence electrons. The van der Waals surface area contributed by atoms with Gasteiger partial charge in [-0.3, -0.25) is 9.48 Å². The van der Waals surface area contributed by atoms with Gasteiger partial charge >= 0.3 is 0 Å². The van der Waals surface area contributed by atoms with Crippen LogP contribution in [-0.4, -0.2) is 33.2 Å². The van der Waals surface area contributed by atoms with Gasteiger partial charge in [-0.1, -0.05) is 6.92 Å². The number of carbonyl (C=O) groups is 1. The van der Waals surface area contributed by atoms with Crippen LogP contribution in [0.3, 0.4) is 0 Å². The number of carbonyl (C=O) groups excluding carboxylic acids is 1. The lowest BCUT2D eigenvalue weighted by atomic mass is 10.3. The summed E-state index contributed by atoms with van der Waals surface area (Å²) in [6, 6.07) is 0.132. The van der Waals surface area contributed by atoms with Crippen molar-refractivity contribution >= 4 is 23.4 Å². The predicted molar refractivity (Wildman–Crippen MR) is 72.2 cm³/mol. The lowest BCUT2D eigenvalue weighted by molar-refractivity contribution is 0.0934. The smallest absolute Gasteiger partial charge is 0.271 e. The van der Waals surface area contributed by atoms with E-state index in [4.69, 9.17) is 5.73 Å². The monoisotopic (exact) mass is 256 g/mol. The van der Waals surface area contributed by atoms with Gasteiger partial charge in [0.1, 0.15) is 5.69 Å². The molecular weight excluding hydrogens is 236 g/mol. The number of nitrogen functional groups attached to an aromatic ring is 1. The van der Waals surface area contributed by atoms with Crippen molar-refractivity contribution < 1.29 is 4.79 Å². The standard InChI is InChI=1S/C11H20N4OS/c1-4-15-10(9(12)6-13-15)11(16)14-8(3)7-17-5-2/h6,8H,4-5,7,12H2,1-3H3,(H,14,16). The molecule has 1 aromatic heterocycles. The average molecular weight is 256 g/mol. The third kappa shape index (κ3) is 3.66. The fourth-order valence-corrected chi connectivity index (χ4v) is 2.19. The molecule has 0 spiro atoms. The molecule has 0 aromatic carbocycles. The van der Waals surface area contributed by atoms with Gasteiger partial charge in [0.05, 0.1) is 11.9 Å². The molecule has 6 heteroatoms. The summed E-state index contributed by atoms with van der Waals surface area (Å²) in [5.74, 6) is 1.81. The third-order valence-corrected chi connectivity index (χ3v) is 3.48. The minimum atomic E-state index is -0.147. The van der Waals surface area contributed by atoms with Gasteiger partial charge in [-0.15, -0.1) is 0 Å². The van der Waals surface area contributed by atoms with E-state index in [0.29, 0.717) is 17.9 Å². The van der Waals surface area contributed by atoms with E-state index in [1.165, 1.54) is 6.20 Å². The average Bonchev–Trinajstić information content (AvgIpc) is 2.67. The maximum absolute atomic E-state index is 12.0. The van der Waals surface area contributed by atoms with E-state index in [0.717, 1.165) is 11.5 Å². The van der Waals surface area contributed by atoms with Crippen LogP contribution in [0.25, 0.3) is 0 Å². The normalized spacial score (nSPS) is 12.4. The predicted octanol–water partition coefficient (Wildman–Crippen LogP) is 1.36. The zero-order valence-electron chi connectivity index (χ0n) is 10.6. The highest BCUT2D eigenvalue weighted by molar-refractivity contribution is 7.99. The van der Waals surface area contributed by atoms with E-state index in [9.17, 15) is 4.79 Å². The molecule has 0 saturated carbocycles. The van der Waals surface area contributed by atoms with Gasteiger partial charge in [0.15, 0.2) is 0 Å². The van der Waals surface area contributed by atoms with Gasteiger partial charge < -0.3 is 11.1 Å². The van der Waals surface area contributed by atoms with E-state index >= 15 is 0 Å². The number of hydrogen-bond donors (Lipinski definition) is 2. The van der Waals surface area contributed by atoms with E-state index < -0.39 is 0 Å². The van der Waals surface area contributed by atoms with Crippen molar-refractivity contribution in [1.29, 1.82) is 0 Å². The van der Waals surface area contributed by atoms with Crippen LogP contribution in [0.1, 0.15) is 31.3 Å². The minimum Gasteiger partial charge on any atom is -0.396 e. The van der Waals surface area contributed by atoms with Gasteiger partial charge in [-0.25, -0.2) is 0 Å². The molecule has 17 heavy (non-hydrogen) atoms. The van der Waals surface area contributed by atoms with Crippen molar-refractivity contribution in [3.63, 3.8) is 0 Å². The molecule has 0 radical (unpaired) electrons. The second-order valence-electron chi connectivity index (χ2n) is 3.80. The van der Waals surface area contributed by atoms with Gasteiger partial charge in [0.2, 0.25) is 0 Å². The van der Waals surface area contributed by atoms with E-state index in [2.05, 4.69) is 17.3 Å². The Kier molecular flexibility index (Phi) is 5.34. The molecule has 1 heterocycles. The van der Waals surface area contributed by atoms with Crippen LogP contribution in [-0.2, 0) is 6.54 Å². The summed E-state index contributed by atoms with van der Waals surface area (Å²) in [5, 5.41) is 6.98. The zero-order valence-corrected chi connectivity index (χ0v) is 11.4. The fraction of sp³-hybridized carbons (Fsp3) is 0.636. The lowest BCUT2D eigenvalue weighted by Gasteiger charge is -2.14. The Morgan fingerprint density at radius 1 is 1.65 bits per heavy atom. The number of aromatic nitrogens is 2. The quantitative estimate of drug-likeness (QED) is 0.806. The lowest BCUT2D eigenvalue weighted by Crippen LogP contribution is -2.36. The Hall–Kier alpha value is -1.17. The Labute approximate surface area is 106 Å². The number of rotatable bonds is 6. The summed E-state index contributed by atoms with van der Waals surface area (Å²) >= 11 is 1.80. The number of anilines is 1. The highest BCUT2D eigenvalue weighted by Gasteiger charge is 2.17. The molecule has 0 fully saturated rings. The van der Waals surface area contributed by atoms with E-state index in [1.807, 2.05) is 13.8 Å². The second-order valence-corrected chi connectivity index (χ2v) is 5.12. The third-order valence-electron chi connectivity index (χ3n) is 2.33. The van der Waals surface area contributed by atoms with Crippen LogP contribution in [0.5, 0.6) is 0 Å². The maximum Gasteiger partial charge on any atom is 0.271 e. The molecule has 0 bridgehead atoms. The van der Waals surface area contributed by atoms with Gasteiger partial charge in [0, 0.05) is 18.3 Å². The van der Waals surface area contributed by atoms with E-state index in [1.54, 1.807) is 16.4 Å². The topological polar surface area (TPSA) is 72.9 Å². The molecule has 0 aliphatic carbocycles. The van der Waals surface area contributed by atoms with Crippen LogP contribution in [0.4, 0.5) is 5.69 Å². The van der Waals surface area contributed by atoms with Gasteiger partial charge in [0.25, 0.3) is 5.91 Å². The van der Waals surface area contributed by atoms with Gasteiger partial charge in [-0.2, -0.15) is 16.9 Å². The van der Waals surface area contributed by atoms with Crippen LogP contribution in [0.15, 0.2) is 6.20 Å². The van der Waals surface area contributed by atoms with Crippen LogP contribution >= 0.6 is 11.8 Å². The molecule has 0 saturated heterocycles. The summed E-state index contributed by atoms with van der Waals surface area (Å²) in [6.07, 6.45) is 1.52. The summed E-state index contributed by atoms with van der Waals surface area (Å²) in [6.45, 7) is 6.66. The Bertz CT molecular complexity index is 378. The maximum atomic E-state index is 12.0. The first-order valence-corrected chi connectivity index (χ1v) is 6.95. The molecule has 0 aliphatic heterocycles. The fourth-order valence-electron chi connectivity index (χ4n) is 1.52. The molecule has 5 nitrogen and oxygen atoms in total. The van der Waals surface area contributed by atoms with Crippen molar-refractivity contribution in [1.82, 2.24) is 15.1 Å². The van der Waals surface area contributed by atoms with Crippen LogP contribution in [0.2, 0.25) is 0 Å². The molecule has 0 aliphatic rings.